The third kappa shape index (κ3) is 1.37. The van der Waals surface area contributed by atoms with Crippen molar-refractivity contribution < 1.29 is 0 Å². The van der Waals surface area contributed by atoms with Gasteiger partial charge in [-0.1, -0.05) is 0 Å². The van der Waals surface area contributed by atoms with E-state index < -0.39 is 0 Å². The van der Waals surface area contributed by atoms with Crippen molar-refractivity contribution in [2.24, 2.45) is 11.7 Å². The van der Waals surface area contributed by atoms with Crippen molar-refractivity contribution in [2.45, 2.75) is 32.2 Å². The topological polar surface area (TPSA) is 43.8 Å². The summed E-state index contributed by atoms with van der Waals surface area (Å²) in [5, 5.41) is 4.36. The summed E-state index contributed by atoms with van der Waals surface area (Å²) in [6, 6.07) is 0. The second kappa shape index (κ2) is 2.84. The summed E-state index contributed by atoms with van der Waals surface area (Å²) in [7, 11) is 0. The van der Waals surface area contributed by atoms with Gasteiger partial charge in [-0.15, -0.1) is 0 Å². The molecule has 1 heterocycles. The van der Waals surface area contributed by atoms with Gasteiger partial charge in [0.2, 0.25) is 0 Å². The standard InChI is InChI=1S/C10H17N3/c1-8-5-12-13(6-8)10(2,7-11)9-3-4-9/h5-6,9H,3-4,7,11H2,1-2H3. The fourth-order valence-corrected chi connectivity index (χ4v) is 1.84. The molecule has 1 atom stereocenters. The van der Waals surface area contributed by atoms with Crippen molar-refractivity contribution in [3.8, 4) is 0 Å². The quantitative estimate of drug-likeness (QED) is 0.759. The predicted molar refractivity (Wildman–Crippen MR) is 52.4 cm³/mol. The van der Waals surface area contributed by atoms with Gasteiger partial charge in [0.25, 0.3) is 0 Å². The molecule has 2 rings (SSSR count). The maximum Gasteiger partial charge on any atom is 0.0749 e. The van der Waals surface area contributed by atoms with Crippen LogP contribution in [0.25, 0.3) is 0 Å². The van der Waals surface area contributed by atoms with Gasteiger partial charge in [0, 0.05) is 12.7 Å². The molecule has 0 saturated heterocycles. The summed E-state index contributed by atoms with van der Waals surface area (Å²) in [6.07, 6.45) is 6.58. The first-order valence-corrected chi connectivity index (χ1v) is 4.88. The van der Waals surface area contributed by atoms with Crippen LogP contribution in [0.3, 0.4) is 0 Å². The summed E-state index contributed by atoms with van der Waals surface area (Å²) >= 11 is 0. The van der Waals surface area contributed by atoms with Crippen molar-refractivity contribution in [1.29, 1.82) is 0 Å². The lowest BCUT2D eigenvalue weighted by Gasteiger charge is -2.28. The molecule has 1 aliphatic rings. The minimum Gasteiger partial charge on any atom is -0.328 e. The molecular weight excluding hydrogens is 162 g/mol. The smallest absolute Gasteiger partial charge is 0.0749 e. The molecule has 0 amide bonds. The van der Waals surface area contributed by atoms with Gasteiger partial charge in [0.15, 0.2) is 0 Å². The van der Waals surface area contributed by atoms with E-state index in [0.29, 0.717) is 6.54 Å². The van der Waals surface area contributed by atoms with Crippen LogP contribution in [0.2, 0.25) is 0 Å². The number of rotatable bonds is 3. The van der Waals surface area contributed by atoms with Gasteiger partial charge < -0.3 is 5.73 Å². The maximum atomic E-state index is 5.83. The molecule has 1 aromatic rings. The SMILES string of the molecule is Cc1cnn(C(C)(CN)C2CC2)c1. The van der Waals surface area contributed by atoms with Gasteiger partial charge in [0.1, 0.15) is 0 Å². The van der Waals surface area contributed by atoms with Crippen LogP contribution in [0.4, 0.5) is 0 Å². The van der Waals surface area contributed by atoms with Gasteiger partial charge in [-0.25, -0.2) is 0 Å². The predicted octanol–water partition coefficient (Wildman–Crippen LogP) is 1.28. The van der Waals surface area contributed by atoms with Crippen LogP contribution < -0.4 is 5.73 Å². The lowest BCUT2D eigenvalue weighted by Crippen LogP contribution is -2.40. The van der Waals surface area contributed by atoms with E-state index in [2.05, 4.69) is 25.1 Å². The monoisotopic (exact) mass is 179 g/mol. The molecule has 0 aromatic carbocycles. The summed E-state index contributed by atoms with van der Waals surface area (Å²) in [6.45, 7) is 4.95. The average molecular weight is 179 g/mol. The van der Waals surface area contributed by atoms with Gasteiger partial charge in [-0.2, -0.15) is 5.10 Å². The zero-order chi connectivity index (χ0) is 9.47. The fourth-order valence-electron chi connectivity index (χ4n) is 1.84. The zero-order valence-electron chi connectivity index (χ0n) is 8.33. The normalized spacial score (nSPS) is 21.5. The van der Waals surface area contributed by atoms with E-state index in [4.69, 9.17) is 5.73 Å². The Hall–Kier alpha value is -0.830. The zero-order valence-corrected chi connectivity index (χ0v) is 8.33. The largest absolute Gasteiger partial charge is 0.328 e. The van der Waals surface area contributed by atoms with Crippen molar-refractivity contribution >= 4 is 0 Å². The first-order valence-electron chi connectivity index (χ1n) is 4.88. The highest BCUT2D eigenvalue weighted by Crippen LogP contribution is 2.43. The van der Waals surface area contributed by atoms with Crippen LogP contribution >= 0.6 is 0 Å². The average Bonchev–Trinajstić information content (AvgIpc) is 2.89. The van der Waals surface area contributed by atoms with Gasteiger partial charge >= 0.3 is 0 Å². The third-order valence-corrected chi connectivity index (χ3v) is 3.11. The summed E-state index contributed by atoms with van der Waals surface area (Å²) in [5.41, 5.74) is 7.09. The first-order chi connectivity index (χ1) is 6.16. The molecular formula is C10H17N3. The molecule has 3 heteroatoms. The van der Waals surface area contributed by atoms with Crippen molar-refractivity contribution in [3.05, 3.63) is 18.0 Å². The summed E-state index contributed by atoms with van der Waals surface area (Å²) < 4.78 is 2.04. The van der Waals surface area contributed by atoms with Gasteiger partial charge in [-0.3, -0.25) is 4.68 Å². The molecule has 13 heavy (non-hydrogen) atoms. The molecule has 2 N–H and O–H groups in total. The fraction of sp³-hybridized carbons (Fsp3) is 0.700. The molecule has 1 aliphatic carbocycles. The Balaban J connectivity index is 2.29. The second-order valence-electron chi connectivity index (χ2n) is 4.30. The van der Waals surface area contributed by atoms with Crippen molar-refractivity contribution in [2.75, 3.05) is 6.54 Å². The van der Waals surface area contributed by atoms with Crippen LogP contribution in [0.15, 0.2) is 12.4 Å². The molecule has 0 aliphatic heterocycles. The van der Waals surface area contributed by atoms with E-state index in [1.807, 2.05) is 10.9 Å². The molecule has 1 aromatic heterocycles. The van der Waals surface area contributed by atoms with E-state index in [0.717, 1.165) is 5.92 Å². The van der Waals surface area contributed by atoms with E-state index in [1.54, 1.807) is 0 Å². The van der Waals surface area contributed by atoms with E-state index in [-0.39, 0.29) is 5.54 Å². The molecule has 0 radical (unpaired) electrons. The van der Waals surface area contributed by atoms with Crippen LogP contribution in [0, 0.1) is 12.8 Å². The third-order valence-electron chi connectivity index (χ3n) is 3.11. The second-order valence-corrected chi connectivity index (χ2v) is 4.30. The summed E-state index contributed by atoms with van der Waals surface area (Å²) in [5.74, 6) is 0.733. The van der Waals surface area contributed by atoms with Crippen LogP contribution in [-0.2, 0) is 5.54 Å². The van der Waals surface area contributed by atoms with Gasteiger partial charge in [-0.05, 0) is 38.2 Å². The Morgan fingerprint density at radius 2 is 2.38 bits per heavy atom. The molecule has 72 valence electrons. The maximum absolute atomic E-state index is 5.83. The highest BCUT2D eigenvalue weighted by molar-refractivity contribution is 5.05. The lowest BCUT2D eigenvalue weighted by atomic mass is 9.96. The highest BCUT2D eigenvalue weighted by atomic mass is 15.3. The molecule has 0 spiro atoms. The van der Waals surface area contributed by atoms with E-state index in [1.165, 1.54) is 18.4 Å². The Kier molecular flexibility index (Phi) is 1.91. The number of nitrogens with two attached hydrogens (primary N) is 1. The van der Waals surface area contributed by atoms with Crippen molar-refractivity contribution in [3.63, 3.8) is 0 Å². The molecule has 3 nitrogen and oxygen atoms in total. The number of aryl methyl sites for hydroxylation is 1. The van der Waals surface area contributed by atoms with Crippen molar-refractivity contribution in [1.82, 2.24) is 9.78 Å². The van der Waals surface area contributed by atoms with Gasteiger partial charge in [0.05, 0.1) is 11.7 Å². The van der Waals surface area contributed by atoms with E-state index >= 15 is 0 Å². The molecule has 0 bridgehead atoms. The van der Waals surface area contributed by atoms with Crippen LogP contribution in [-0.4, -0.2) is 16.3 Å². The minimum atomic E-state index is 0.0499. The molecule has 1 saturated carbocycles. The minimum absolute atomic E-state index is 0.0499. The summed E-state index contributed by atoms with van der Waals surface area (Å²) in [4.78, 5) is 0. The van der Waals surface area contributed by atoms with Crippen LogP contribution in [0.1, 0.15) is 25.3 Å². The highest BCUT2D eigenvalue weighted by Gasteiger charge is 2.42. The Labute approximate surface area is 78.9 Å². The van der Waals surface area contributed by atoms with E-state index in [9.17, 15) is 0 Å². The Morgan fingerprint density at radius 1 is 1.69 bits per heavy atom. The Morgan fingerprint density at radius 3 is 2.77 bits per heavy atom. The number of hydrogen-bond acceptors (Lipinski definition) is 2. The molecule has 1 unspecified atom stereocenters. The first kappa shape index (κ1) is 8.75. The molecule has 1 fully saturated rings. The number of aromatic nitrogens is 2. The van der Waals surface area contributed by atoms with Crippen LogP contribution in [0.5, 0.6) is 0 Å². The lowest BCUT2D eigenvalue weighted by molar-refractivity contribution is 0.253. The Bertz CT molecular complexity index is 301. The number of hydrogen-bond donors (Lipinski definition) is 1. The number of nitrogens with zero attached hydrogens (tertiary/aromatic N) is 2.